The highest BCUT2D eigenvalue weighted by Gasteiger charge is 2.32. The number of hydrogen-bond acceptors (Lipinski definition) is 4. The van der Waals surface area contributed by atoms with Gasteiger partial charge in [0.1, 0.15) is 9.77 Å². The summed E-state index contributed by atoms with van der Waals surface area (Å²) in [6, 6.07) is 17.0. The second-order valence-corrected chi connectivity index (χ2v) is 10.3. The van der Waals surface area contributed by atoms with Gasteiger partial charge in [-0.05, 0) is 54.0 Å². The van der Waals surface area contributed by atoms with E-state index in [1.807, 2.05) is 62.4 Å². The number of fused-ring (bicyclic) bond motifs is 1. The Morgan fingerprint density at radius 3 is 2.53 bits per heavy atom. The van der Waals surface area contributed by atoms with Gasteiger partial charge in [0.05, 0.1) is 6.04 Å². The molecule has 1 aliphatic rings. The maximum Gasteiger partial charge on any atom is 0.263 e. The van der Waals surface area contributed by atoms with Crippen LogP contribution in [0, 0.1) is 6.92 Å². The van der Waals surface area contributed by atoms with E-state index in [2.05, 4.69) is 5.32 Å². The lowest BCUT2D eigenvalue weighted by molar-refractivity contribution is 0.0940. The van der Waals surface area contributed by atoms with Gasteiger partial charge in [-0.25, -0.2) is 8.42 Å². The van der Waals surface area contributed by atoms with Crippen LogP contribution in [0.5, 0.6) is 0 Å². The van der Waals surface area contributed by atoms with Gasteiger partial charge in [0.2, 0.25) is 10.0 Å². The predicted octanol–water partition coefficient (Wildman–Crippen LogP) is 4.29. The Kier molecular flexibility index (Phi) is 5.77. The normalized spacial score (nSPS) is 15.4. The van der Waals surface area contributed by atoms with Crippen molar-refractivity contribution >= 4 is 27.3 Å². The second-order valence-electron chi connectivity index (χ2n) is 7.52. The molecule has 4 rings (SSSR count). The van der Waals surface area contributed by atoms with E-state index < -0.39 is 10.0 Å². The molecule has 0 bridgehead atoms. The van der Waals surface area contributed by atoms with Crippen molar-refractivity contribution in [2.45, 2.75) is 37.8 Å². The number of sulfonamides is 1. The lowest BCUT2D eigenvalue weighted by Gasteiger charge is -2.28. The summed E-state index contributed by atoms with van der Waals surface area (Å²) in [5.41, 5.74) is 4.29. The Bertz CT molecular complexity index is 1180. The molecule has 0 spiro atoms. The third kappa shape index (κ3) is 3.93. The van der Waals surface area contributed by atoms with Gasteiger partial charge in [0, 0.05) is 13.1 Å². The first-order valence-electron chi connectivity index (χ1n) is 9.88. The van der Waals surface area contributed by atoms with Crippen molar-refractivity contribution in [3.63, 3.8) is 0 Å². The van der Waals surface area contributed by atoms with Crippen LogP contribution in [0.1, 0.15) is 44.9 Å². The molecule has 1 aliphatic heterocycles. The van der Waals surface area contributed by atoms with E-state index in [1.54, 1.807) is 5.38 Å². The number of carbonyl (C=O) groups excluding carboxylic acids is 1. The lowest BCUT2D eigenvalue weighted by Crippen LogP contribution is -2.37. The van der Waals surface area contributed by atoms with Crippen molar-refractivity contribution in [2.75, 3.05) is 6.54 Å². The van der Waals surface area contributed by atoms with Gasteiger partial charge in [-0.1, -0.05) is 48.5 Å². The molecule has 0 radical (unpaired) electrons. The van der Waals surface area contributed by atoms with Crippen molar-refractivity contribution in [3.8, 4) is 0 Å². The second kappa shape index (κ2) is 8.34. The van der Waals surface area contributed by atoms with Gasteiger partial charge in [-0.15, -0.1) is 11.3 Å². The minimum Gasteiger partial charge on any atom is -0.345 e. The van der Waals surface area contributed by atoms with E-state index in [9.17, 15) is 13.2 Å². The molecule has 3 aromatic rings. The van der Waals surface area contributed by atoms with E-state index in [-0.39, 0.29) is 21.7 Å². The summed E-state index contributed by atoms with van der Waals surface area (Å²) < 4.78 is 28.2. The number of aryl methyl sites for hydroxylation is 1. The highest BCUT2D eigenvalue weighted by molar-refractivity contribution is 7.89. The van der Waals surface area contributed by atoms with Gasteiger partial charge < -0.3 is 5.32 Å². The molecule has 1 amide bonds. The zero-order valence-corrected chi connectivity index (χ0v) is 18.6. The zero-order chi connectivity index (χ0) is 21.3. The maximum atomic E-state index is 13.3. The molecule has 156 valence electrons. The predicted molar refractivity (Wildman–Crippen MR) is 119 cm³/mol. The molecule has 7 heteroatoms. The van der Waals surface area contributed by atoms with Gasteiger partial charge in [0.25, 0.3) is 5.91 Å². The first-order valence-corrected chi connectivity index (χ1v) is 12.2. The van der Waals surface area contributed by atoms with E-state index in [4.69, 9.17) is 0 Å². The molecule has 0 saturated heterocycles. The molecule has 2 aromatic carbocycles. The molecule has 1 aromatic heterocycles. The molecule has 0 saturated carbocycles. The number of benzene rings is 2. The summed E-state index contributed by atoms with van der Waals surface area (Å²) in [4.78, 5) is 13.3. The summed E-state index contributed by atoms with van der Waals surface area (Å²) in [5, 5.41) is 4.62. The van der Waals surface area contributed by atoms with Crippen LogP contribution in [0.15, 0.2) is 64.9 Å². The minimum absolute atomic E-state index is 0.0846. The van der Waals surface area contributed by atoms with Gasteiger partial charge in [-0.2, -0.15) is 4.31 Å². The van der Waals surface area contributed by atoms with E-state index in [0.29, 0.717) is 19.5 Å². The van der Waals surface area contributed by atoms with Gasteiger partial charge >= 0.3 is 0 Å². The van der Waals surface area contributed by atoms with Crippen LogP contribution in [-0.2, 0) is 23.0 Å². The monoisotopic (exact) mass is 440 g/mol. The van der Waals surface area contributed by atoms with Gasteiger partial charge in [0.15, 0.2) is 0 Å². The van der Waals surface area contributed by atoms with Gasteiger partial charge in [-0.3, -0.25) is 4.79 Å². The van der Waals surface area contributed by atoms with E-state index in [1.165, 1.54) is 15.9 Å². The quantitative estimate of drug-likeness (QED) is 0.643. The van der Waals surface area contributed by atoms with E-state index >= 15 is 0 Å². The van der Waals surface area contributed by atoms with E-state index in [0.717, 1.165) is 28.0 Å². The number of rotatable bonds is 5. The Labute approximate surface area is 181 Å². The van der Waals surface area contributed by atoms with Crippen LogP contribution in [0.25, 0.3) is 0 Å². The Morgan fingerprint density at radius 2 is 1.77 bits per heavy atom. The largest absolute Gasteiger partial charge is 0.345 e. The maximum absolute atomic E-state index is 13.3. The molecular weight excluding hydrogens is 416 g/mol. The fraction of sp³-hybridized carbons (Fsp3) is 0.261. The number of carbonyl (C=O) groups is 1. The van der Waals surface area contributed by atoms with Crippen molar-refractivity contribution in [3.05, 3.63) is 87.1 Å². The number of thiophene rings is 1. The van der Waals surface area contributed by atoms with Crippen LogP contribution >= 0.6 is 11.3 Å². The summed E-state index contributed by atoms with van der Waals surface area (Å²) in [5.74, 6) is -0.364. The Morgan fingerprint density at radius 1 is 1.07 bits per heavy atom. The number of nitrogens with one attached hydrogen (secondary N) is 1. The first-order chi connectivity index (χ1) is 14.4. The Hall–Kier alpha value is -2.48. The van der Waals surface area contributed by atoms with Crippen LogP contribution in [-0.4, -0.2) is 25.2 Å². The van der Waals surface area contributed by atoms with Crippen molar-refractivity contribution in [1.82, 2.24) is 9.62 Å². The molecular formula is C23H24N2O3S2. The minimum atomic E-state index is -3.76. The molecule has 0 aliphatic carbocycles. The smallest absolute Gasteiger partial charge is 0.263 e. The van der Waals surface area contributed by atoms with Crippen LogP contribution in [0.3, 0.4) is 0 Å². The van der Waals surface area contributed by atoms with Crippen LogP contribution in [0.4, 0.5) is 0 Å². The van der Waals surface area contributed by atoms with Crippen LogP contribution in [0.2, 0.25) is 0 Å². The molecule has 2 heterocycles. The highest BCUT2D eigenvalue weighted by Crippen LogP contribution is 2.30. The van der Waals surface area contributed by atoms with Crippen molar-refractivity contribution < 1.29 is 13.2 Å². The molecule has 5 nitrogen and oxygen atoms in total. The fourth-order valence-corrected chi connectivity index (χ4v) is 6.62. The summed E-state index contributed by atoms with van der Waals surface area (Å²) >= 11 is 1.16. The topological polar surface area (TPSA) is 66.5 Å². The molecule has 30 heavy (non-hydrogen) atoms. The highest BCUT2D eigenvalue weighted by atomic mass is 32.2. The van der Waals surface area contributed by atoms with Crippen LogP contribution < -0.4 is 5.32 Å². The standard InChI is InChI=1S/C23H24N2O3S2/c1-16-7-3-6-10-20(16)17(2)24-23(26)22-21(12-14-29-22)30(27,28)25-13-11-18-8-4-5-9-19(18)15-25/h3-10,12,14,17H,11,13,15H2,1-2H3,(H,24,26). The molecule has 1 unspecified atom stereocenters. The molecule has 1 N–H and O–H groups in total. The summed E-state index contributed by atoms with van der Waals surface area (Å²) in [7, 11) is -3.76. The Balaban J connectivity index is 1.57. The zero-order valence-electron chi connectivity index (χ0n) is 17.0. The summed E-state index contributed by atoms with van der Waals surface area (Å²) in [6.07, 6.45) is 0.672. The molecule has 1 atom stereocenters. The lowest BCUT2D eigenvalue weighted by atomic mass is 10.0. The number of nitrogens with zero attached hydrogens (tertiary/aromatic N) is 1. The third-order valence-corrected chi connectivity index (χ3v) is 8.48. The average molecular weight is 441 g/mol. The number of amides is 1. The number of hydrogen-bond donors (Lipinski definition) is 1. The molecule has 0 fully saturated rings. The average Bonchev–Trinajstić information content (AvgIpc) is 3.24. The van der Waals surface area contributed by atoms with Crippen molar-refractivity contribution in [1.29, 1.82) is 0 Å². The summed E-state index contributed by atoms with van der Waals surface area (Å²) in [6.45, 7) is 4.64. The van der Waals surface area contributed by atoms with Crippen molar-refractivity contribution in [2.24, 2.45) is 0 Å². The fourth-order valence-electron chi connectivity index (χ4n) is 3.89. The third-order valence-electron chi connectivity index (χ3n) is 5.55. The first kappa shape index (κ1) is 20.8. The SMILES string of the molecule is Cc1ccccc1C(C)NC(=O)c1sccc1S(=O)(=O)N1CCc2ccccc2C1.